The van der Waals surface area contributed by atoms with Gasteiger partial charge in [0, 0.05) is 10.7 Å². The zero-order valence-electron chi connectivity index (χ0n) is 12.1. The molecule has 0 atom stereocenters. The maximum atomic E-state index is 6.10. The van der Waals surface area contributed by atoms with Crippen LogP contribution in [-0.4, -0.2) is 11.9 Å². The third-order valence-electron chi connectivity index (χ3n) is 4.27. The average molecular weight is 325 g/mol. The van der Waals surface area contributed by atoms with Crippen LogP contribution in [-0.2, 0) is 0 Å². The van der Waals surface area contributed by atoms with Crippen LogP contribution in [0.1, 0.15) is 57.4 Å². The van der Waals surface area contributed by atoms with Crippen LogP contribution in [0.3, 0.4) is 0 Å². The lowest BCUT2D eigenvalue weighted by Gasteiger charge is -2.35. The largest absolute Gasteiger partial charge is 0.493 e. The van der Waals surface area contributed by atoms with Crippen molar-refractivity contribution in [1.29, 1.82) is 0 Å². The Morgan fingerprint density at radius 3 is 2.58 bits per heavy atom. The fourth-order valence-corrected chi connectivity index (χ4v) is 3.54. The number of alkyl halides is 1. The summed E-state index contributed by atoms with van der Waals surface area (Å²) in [6.07, 6.45) is 6.67. The van der Waals surface area contributed by atoms with E-state index < -0.39 is 0 Å². The van der Waals surface area contributed by atoms with E-state index in [1.165, 1.54) is 37.7 Å². The number of benzene rings is 1. The van der Waals surface area contributed by atoms with Crippen LogP contribution in [0.4, 0.5) is 0 Å². The molecule has 0 heterocycles. The Hall–Kier alpha value is -0.500. The first-order valence-corrected chi connectivity index (χ1v) is 8.56. The highest BCUT2D eigenvalue weighted by Crippen LogP contribution is 2.38. The van der Waals surface area contributed by atoms with Gasteiger partial charge in [-0.15, -0.1) is 0 Å². The van der Waals surface area contributed by atoms with Gasteiger partial charge < -0.3 is 4.74 Å². The molecular weight excluding hydrogens is 300 g/mol. The van der Waals surface area contributed by atoms with E-state index in [-0.39, 0.29) is 0 Å². The number of ether oxygens (including phenoxy) is 1. The molecule has 1 aromatic carbocycles. The lowest BCUT2D eigenvalue weighted by atomic mass is 9.76. The summed E-state index contributed by atoms with van der Waals surface area (Å²) in [5, 5.41) is 1.06. The summed E-state index contributed by atoms with van der Waals surface area (Å²) in [7, 11) is 0. The number of rotatable bonds is 5. The third kappa shape index (κ3) is 3.98. The van der Waals surface area contributed by atoms with E-state index in [9.17, 15) is 0 Å². The fraction of sp³-hybridized carbons (Fsp3) is 0.647. The zero-order valence-corrected chi connectivity index (χ0v) is 13.7. The molecule has 1 aromatic rings. The van der Waals surface area contributed by atoms with Crippen molar-refractivity contribution in [1.82, 2.24) is 0 Å². The van der Waals surface area contributed by atoms with Crippen molar-refractivity contribution >= 4 is 15.9 Å². The van der Waals surface area contributed by atoms with Crippen molar-refractivity contribution in [3.8, 4) is 5.75 Å². The molecule has 0 unspecified atom stereocenters. The maximum absolute atomic E-state index is 6.10. The van der Waals surface area contributed by atoms with Crippen LogP contribution in [0.5, 0.6) is 5.75 Å². The smallest absolute Gasteiger partial charge is 0.119 e. The molecule has 0 N–H and O–H groups in total. The predicted octanol–water partition coefficient (Wildman–Crippen LogP) is 5.53. The molecular formula is C17H25BrO. The Morgan fingerprint density at radius 2 is 1.95 bits per heavy atom. The van der Waals surface area contributed by atoms with Gasteiger partial charge in [-0.1, -0.05) is 61.2 Å². The second-order valence-electron chi connectivity index (χ2n) is 6.21. The lowest BCUT2D eigenvalue weighted by Crippen LogP contribution is -2.32. The highest BCUT2D eigenvalue weighted by atomic mass is 79.9. The molecule has 106 valence electrons. The molecule has 19 heavy (non-hydrogen) atoms. The quantitative estimate of drug-likeness (QED) is 0.646. The van der Waals surface area contributed by atoms with E-state index in [1.807, 2.05) is 0 Å². The van der Waals surface area contributed by atoms with Gasteiger partial charge >= 0.3 is 0 Å². The van der Waals surface area contributed by atoms with Crippen molar-refractivity contribution in [3.05, 3.63) is 29.8 Å². The van der Waals surface area contributed by atoms with Gasteiger partial charge in [0.15, 0.2) is 0 Å². The van der Waals surface area contributed by atoms with Crippen molar-refractivity contribution < 1.29 is 4.74 Å². The first-order chi connectivity index (χ1) is 9.15. The SMILES string of the molecule is CC(C)c1cccc(OCC2(CBr)CCCCC2)c1. The van der Waals surface area contributed by atoms with E-state index >= 15 is 0 Å². The predicted molar refractivity (Wildman–Crippen MR) is 85.3 cm³/mol. The summed E-state index contributed by atoms with van der Waals surface area (Å²) < 4.78 is 6.10. The van der Waals surface area contributed by atoms with Crippen LogP contribution in [0.2, 0.25) is 0 Å². The monoisotopic (exact) mass is 324 g/mol. The Balaban J connectivity index is 1.99. The van der Waals surface area contributed by atoms with E-state index in [4.69, 9.17) is 4.74 Å². The van der Waals surface area contributed by atoms with Gasteiger partial charge in [-0.25, -0.2) is 0 Å². The summed E-state index contributed by atoms with van der Waals surface area (Å²) in [5.74, 6) is 1.58. The third-order valence-corrected chi connectivity index (χ3v) is 5.46. The molecule has 2 rings (SSSR count). The molecule has 0 saturated heterocycles. The summed E-state index contributed by atoms with van der Waals surface area (Å²) in [5.41, 5.74) is 1.71. The summed E-state index contributed by atoms with van der Waals surface area (Å²) in [6, 6.07) is 8.55. The second kappa shape index (κ2) is 6.78. The van der Waals surface area contributed by atoms with Gasteiger partial charge in [0.05, 0.1) is 6.61 Å². The van der Waals surface area contributed by atoms with Crippen LogP contribution in [0, 0.1) is 5.41 Å². The molecule has 0 aromatic heterocycles. The highest BCUT2D eigenvalue weighted by molar-refractivity contribution is 9.09. The zero-order chi connectivity index (χ0) is 13.7. The average Bonchev–Trinajstić information content (AvgIpc) is 2.46. The first kappa shape index (κ1) is 14.9. The maximum Gasteiger partial charge on any atom is 0.119 e. The van der Waals surface area contributed by atoms with Crippen LogP contribution in [0.25, 0.3) is 0 Å². The lowest BCUT2D eigenvalue weighted by molar-refractivity contribution is 0.122. The Bertz CT molecular complexity index is 394. The standard InChI is InChI=1S/C17H25BrO/c1-14(2)15-7-6-8-16(11-15)19-13-17(12-18)9-4-3-5-10-17/h6-8,11,14H,3-5,9-10,12-13H2,1-2H3. The van der Waals surface area contributed by atoms with Gasteiger partial charge in [-0.3, -0.25) is 0 Å². The van der Waals surface area contributed by atoms with Crippen molar-refractivity contribution in [3.63, 3.8) is 0 Å². The molecule has 2 heteroatoms. The number of halogens is 1. The fourth-order valence-electron chi connectivity index (χ4n) is 2.82. The summed E-state index contributed by atoms with van der Waals surface area (Å²) >= 11 is 3.70. The van der Waals surface area contributed by atoms with E-state index in [0.29, 0.717) is 11.3 Å². The Morgan fingerprint density at radius 1 is 1.21 bits per heavy atom. The second-order valence-corrected chi connectivity index (χ2v) is 6.77. The van der Waals surface area contributed by atoms with Gasteiger partial charge in [-0.2, -0.15) is 0 Å². The minimum Gasteiger partial charge on any atom is -0.493 e. The van der Waals surface area contributed by atoms with Gasteiger partial charge in [-0.05, 0) is 36.5 Å². The van der Waals surface area contributed by atoms with Crippen LogP contribution < -0.4 is 4.74 Å². The highest BCUT2D eigenvalue weighted by Gasteiger charge is 2.31. The Labute approximate surface area is 125 Å². The minimum atomic E-state index is 0.353. The van der Waals surface area contributed by atoms with Gasteiger partial charge in [0.1, 0.15) is 5.75 Å². The molecule has 0 amide bonds. The summed E-state index contributed by atoms with van der Waals surface area (Å²) in [6.45, 7) is 5.29. The van der Waals surface area contributed by atoms with Crippen LogP contribution >= 0.6 is 15.9 Å². The molecule has 0 spiro atoms. The van der Waals surface area contributed by atoms with E-state index in [2.05, 4.69) is 54.0 Å². The van der Waals surface area contributed by atoms with Crippen LogP contribution in [0.15, 0.2) is 24.3 Å². The number of hydrogen-bond donors (Lipinski definition) is 0. The molecule has 1 fully saturated rings. The Kier molecular flexibility index (Phi) is 5.32. The topological polar surface area (TPSA) is 9.23 Å². The van der Waals surface area contributed by atoms with Gasteiger partial charge in [0.25, 0.3) is 0 Å². The molecule has 0 aliphatic heterocycles. The molecule has 0 radical (unpaired) electrons. The molecule has 1 saturated carbocycles. The normalized spacial score (nSPS) is 18.5. The minimum absolute atomic E-state index is 0.353. The van der Waals surface area contributed by atoms with Gasteiger partial charge in [0.2, 0.25) is 0 Å². The summed E-state index contributed by atoms with van der Waals surface area (Å²) in [4.78, 5) is 0. The number of hydrogen-bond acceptors (Lipinski definition) is 1. The van der Waals surface area contributed by atoms with Crippen molar-refractivity contribution in [2.75, 3.05) is 11.9 Å². The van der Waals surface area contributed by atoms with E-state index in [0.717, 1.165) is 17.7 Å². The molecule has 1 aliphatic rings. The van der Waals surface area contributed by atoms with Crippen molar-refractivity contribution in [2.24, 2.45) is 5.41 Å². The molecule has 1 nitrogen and oxygen atoms in total. The van der Waals surface area contributed by atoms with E-state index in [1.54, 1.807) is 0 Å². The molecule has 0 bridgehead atoms. The first-order valence-electron chi connectivity index (χ1n) is 7.44. The molecule has 1 aliphatic carbocycles. The van der Waals surface area contributed by atoms with Crippen molar-refractivity contribution in [2.45, 2.75) is 51.9 Å².